The molecule has 33 heavy (non-hydrogen) atoms. The maximum atomic E-state index is 12.0. The van der Waals surface area contributed by atoms with Crippen molar-refractivity contribution >= 4 is 11.9 Å². The molecule has 0 heterocycles. The average molecular weight is 467 g/mol. The van der Waals surface area contributed by atoms with Crippen LogP contribution in [0.15, 0.2) is 12.2 Å². The molecule has 1 N–H and O–H groups in total. The lowest BCUT2D eigenvalue weighted by molar-refractivity contribution is -0.153. The van der Waals surface area contributed by atoms with Gasteiger partial charge in [-0.05, 0) is 38.5 Å². The van der Waals surface area contributed by atoms with Gasteiger partial charge in [-0.15, -0.1) is 0 Å². The molecule has 4 heteroatoms. The summed E-state index contributed by atoms with van der Waals surface area (Å²) >= 11 is 0. The lowest BCUT2D eigenvalue weighted by atomic mass is 9.97. The van der Waals surface area contributed by atoms with Crippen LogP contribution in [0.1, 0.15) is 149 Å². The number of esters is 1. The molecule has 0 saturated heterocycles. The maximum absolute atomic E-state index is 12.0. The number of hydrogen-bond acceptors (Lipinski definition) is 3. The topological polar surface area (TPSA) is 63.6 Å². The Balaban J connectivity index is 3.47. The summed E-state index contributed by atoms with van der Waals surface area (Å²) in [4.78, 5) is 23.0. The zero-order valence-corrected chi connectivity index (χ0v) is 22.0. The van der Waals surface area contributed by atoms with Crippen LogP contribution in [0.2, 0.25) is 0 Å². The van der Waals surface area contributed by atoms with E-state index in [1.807, 2.05) is 6.92 Å². The van der Waals surface area contributed by atoms with E-state index in [2.05, 4.69) is 19.1 Å². The molecule has 0 fully saturated rings. The standard InChI is InChI=1S/C29H54O4/c1-3-5-6-7-8-9-10-11-12-13-14-15-16-17-18-19-20-21-22-23-24-27(26-28(30)31)29(32)33-25-4-2/h15-16,27H,3-14,17-26H2,1-2H3,(H,30,31)/b16-15+. The van der Waals surface area contributed by atoms with Crippen LogP contribution in [0.4, 0.5) is 0 Å². The molecule has 0 aromatic heterocycles. The summed E-state index contributed by atoms with van der Waals surface area (Å²) in [5.41, 5.74) is 0. The second kappa shape index (κ2) is 25.3. The zero-order chi connectivity index (χ0) is 24.4. The predicted molar refractivity (Wildman–Crippen MR) is 140 cm³/mol. The van der Waals surface area contributed by atoms with Gasteiger partial charge in [-0.25, -0.2) is 0 Å². The van der Waals surface area contributed by atoms with Crippen molar-refractivity contribution in [1.82, 2.24) is 0 Å². The Morgan fingerprint density at radius 3 is 1.58 bits per heavy atom. The Morgan fingerprint density at radius 1 is 0.667 bits per heavy atom. The number of hydrogen-bond donors (Lipinski definition) is 1. The third-order valence-electron chi connectivity index (χ3n) is 6.27. The molecule has 194 valence electrons. The van der Waals surface area contributed by atoms with Crippen molar-refractivity contribution in [3.8, 4) is 0 Å². The first-order valence-corrected chi connectivity index (χ1v) is 14.1. The highest BCUT2D eigenvalue weighted by atomic mass is 16.5. The smallest absolute Gasteiger partial charge is 0.309 e. The van der Waals surface area contributed by atoms with Gasteiger partial charge in [0, 0.05) is 0 Å². The van der Waals surface area contributed by atoms with E-state index in [0.717, 1.165) is 25.7 Å². The van der Waals surface area contributed by atoms with E-state index in [1.54, 1.807) is 0 Å². The quantitative estimate of drug-likeness (QED) is 0.0828. The largest absolute Gasteiger partial charge is 0.481 e. The number of allylic oxidation sites excluding steroid dienone is 2. The first-order valence-electron chi connectivity index (χ1n) is 14.1. The molecule has 4 nitrogen and oxygen atoms in total. The number of unbranched alkanes of at least 4 members (excludes halogenated alkanes) is 16. The minimum atomic E-state index is -0.922. The minimum absolute atomic E-state index is 0.117. The molecule has 0 amide bonds. The Labute approximate surface area is 204 Å². The molecule has 0 aromatic carbocycles. The van der Waals surface area contributed by atoms with Gasteiger partial charge in [0.25, 0.3) is 0 Å². The summed E-state index contributed by atoms with van der Waals surface area (Å²) in [6.45, 7) is 4.59. The molecule has 0 aliphatic heterocycles. The normalized spacial score (nSPS) is 12.3. The fourth-order valence-electron chi connectivity index (χ4n) is 4.18. The molecule has 0 aliphatic carbocycles. The molecule has 0 spiro atoms. The van der Waals surface area contributed by atoms with Gasteiger partial charge in [0.15, 0.2) is 0 Å². The highest BCUT2D eigenvalue weighted by molar-refractivity contribution is 5.79. The van der Waals surface area contributed by atoms with Crippen LogP contribution in [-0.2, 0) is 14.3 Å². The van der Waals surface area contributed by atoms with Crippen LogP contribution < -0.4 is 0 Å². The number of carbonyl (C=O) groups is 2. The highest BCUT2D eigenvalue weighted by Crippen LogP contribution is 2.18. The van der Waals surface area contributed by atoms with E-state index in [0.29, 0.717) is 13.0 Å². The van der Waals surface area contributed by atoms with E-state index in [4.69, 9.17) is 9.84 Å². The van der Waals surface area contributed by atoms with Gasteiger partial charge in [-0.3, -0.25) is 9.59 Å². The monoisotopic (exact) mass is 466 g/mol. The second-order valence-electron chi connectivity index (χ2n) is 9.60. The molecular weight excluding hydrogens is 412 g/mol. The molecule has 0 aliphatic rings. The Bertz CT molecular complexity index is 472. The van der Waals surface area contributed by atoms with Crippen molar-refractivity contribution in [2.45, 2.75) is 149 Å². The number of carbonyl (C=O) groups excluding carboxylic acids is 1. The highest BCUT2D eigenvalue weighted by Gasteiger charge is 2.22. The molecule has 0 radical (unpaired) electrons. The third kappa shape index (κ3) is 23.6. The summed E-state index contributed by atoms with van der Waals surface area (Å²) in [7, 11) is 0. The van der Waals surface area contributed by atoms with Gasteiger partial charge in [0.05, 0.1) is 18.9 Å². The van der Waals surface area contributed by atoms with Crippen molar-refractivity contribution < 1.29 is 19.4 Å². The van der Waals surface area contributed by atoms with E-state index in [-0.39, 0.29) is 12.4 Å². The Hall–Kier alpha value is -1.32. The van der Waals surface area contributed by atoms with E-state index in [9.17, 15) is 9.59 Å². The van der Waals surface area contributed by atoms with Gasteiger partial charge in [0.2, 0.25) is 0 Å². The van der Waals surface area contributed by atoms with Gasteiger partial charge in [-0.2, -0.15) is 0 Å². The summed E-state index contributed by atoms with van der Waals surface area (Å²) in [6.07, 6.45) is 29.2. The first-order chi connectivity index (χ1) is 16.1. The molecule has 0 rings (SSSR count). The van der Waals surface area contributed by atoms with E-state index >= 15 is 0 Å². The van der Waals surface area contributed by atoms with Crippen LogP contribution in [0.25, 0.3) is 0 Å². The van der Waals surface area contributed by atoms with Crippen LogP contribution in [0.5, 0.6) is 0 Å². The van der Waals surface area contributed by atoms with Crippen molar-refractivity contribution in [3.63, 3.8) is 0 Å². The summed E-state index contributed by atoms with van der Waals surface area (Å²) in [5, 5.41) is 9.01. The molecule has 0 saturated carbocycles. The third-order valence-corrected chi connectivity index (χ3v) is 6.27. The van der Waals surface area contributed by atoms with Gasteiger partial charge >= 0.3 is 11.9 Å². The molecule has 1 atom stereocenters. The fraction of sp³-hybridized carbons (Fsp3) is 0.862. The minimum Gasteiger partial charge on any atom is -0.481 e. The second-order valence-corrected chi connectivity index (χ2v) is 9.60. The molecular formula is C29H54O4. The maximum Gasteiger partial charge on any atom is 0.309 e. The molecule has 0 aromatic rings. The van der Waals surface area contributed by atoms with Gasteiger partial charge in [0.1, 0.15) is 0 Å². The van der Waals surface area contributed by atoms with Crippen LogP contribution in [-0.4, -0.2) is 23.7 Å². The summed E-state index contributed by atoms with van der Waals surface area (Å²) in [6, 6.07) is 0. The van der Waals surface area contributed by atoms with Crippen molar-refractivity contribution in [3.05, 3.63) is 12.2 Å². The van der Waals surface area contributed by atoms with E-state index < -0.39 is 11.9 Å². The SMILES string of the molecule is CCCCCCCCCCCC/C=C/CCCCCCCCC(CC(=O)O)C(=O)OCCC. The number of ether oxygens (including phenoxy) is 1. The lowest BCUT2D eigenvalue weighted by Crippen LogP contribution is -2.21. The van der Waals surface area contributed by atoms with Gasteiger partial charge in [-0.1, -0.05) is 116 Å². The zero-order valence-electron chi connectivity index (χ0n) is 22.0. The fourth-order valence-corrected chi connectivity index (χ4v) is 4.18. The number of carboxylic acids is 1. The summed E-state index contributed by atoms with van der Waals surface area (Å²) in [5.74, 6) is -1.76. The number of rotatable bonds is 25. The van der Waals surface area contributed by atoms with Gasteiger partial charge < -0.3 is 9.84 Å². The Kier molecular flexibility index (Phi) is 24.3. The van der Waals surface area contributed by atoms with Crippen LogP contribution >= 0.6 is 0 Å². The Morgan fingerprint density at radius 2 is 1.12 bits per heavy atom. The van der Waals surface area contributed by atoms with Crippen molar-refractivity contribution in [1.29, 1.82) is 0 Å². The predicted octanol–water partition coefficient (Wildman–Crippen LogP) is 9.02. The van der Waals surface area contributed by atoms with Crippen LogP contribution in [0.3, 0.4) is 0 Å². The van der Waals surface area contributed by atoms with E-state index in [1.165, 1.54) is 96.3 Å². The molecule has 1 unspecified atom stereocenters. The van der Waals surface area contributed by atoms with Crippen molar-refractivity contribution in [2.75, 3.05) is 6.61 Å². The van der Waals surface area contributed by atoms with Crippen molar-refractivity contribution in [2.24, 2.45) is 5.92 Å². The average Bonchev–Trinajstić information content (AvgIpc) is 2.80. The summed E-state index contributed by atoms with van der Waals surface area (Å²) < 4.78 is 5.14. The van der Waals surface area contributed by atoms with Crippen LogP contribution in [0, 0.1) is 5.92 Å². The number of carboxylic acid groups (broad SMARTS) is 1. The molecule has 0 bridgehead atoms. The lowest BCUT2D eigenvalue weighted by Gasteiger charge is -2.13. The number of aliphatic carboxylic acids is 1. The first kappa shape index (κ1) is 31.7.